The van der Waals surface area contributed by atoms with E-state index in [2.05, 4.69) is 43.0 Å². The number of phenolic OH excluding ortho intramolecular Hbond substituents is 2. The molecule has 1 saturated heterocycles. The van der Waals surface area contributed by atoms with Gasteiger partial charge in [0.05, 0.1) is 0 Å². The first kappa shape index (κ1) is 22.5. The van der Waals surface area contributed by atoms with E-state index in [0.717, 1.165) is 40.2 Å². The van der Waals surface area contributed by atoms with Gasteiger partial charge in [0.25, 0.3) is 0 Å². The first-order valence-corrected chi connectivity index (χ1v) is 12.3. The zero-order chi connectivity index (χ0) is 23.7. The molecule has 34 heavy (non-hydrogen) atoms. The van der Waals surface area contributed by atoms with Gasteiger partial charge in [-0.1, -0.05) is 43.3 Å². The zero-order valence-corrected chi connectivity index (χ0v) is 20.0. The molecule has 0 unspecified atom stereocenters. The molecule has 176 valence electrons. The second kappa shape index (κ2) is 9.55. The van der Waals surface area contributed by atoms with Gasteiger partial charge >= 0.3 is 0 Å². The number of nitrogens with zero attached hydrogens (tertiary/aromatic N) is 1. The average Bonchev–Trinajstić information content (AvgIpc) is 3.25. The minimum Gasteiger partial charge on any atom is -0.508 e. The summed E-state index contributed by atoms with van der Waals surface area (Å²) in [6.07, 6.45) is 3.29. The lowest BCUT2D eigenvalue weighted by Gasteiger charge is -2.31. The van der Waals surface area contributed by atoms with Gasteiger partial charge in [-0.25, -0.2) is 0 Å². The highest BCUT2D eigenvalue weighted by molar-refractivity contribution is 5.95. The molecule has 4 nitrogen and oxygen atoms in total. The third-order valence-electron chi connectivity index (χ3n) is 7.19. The van der Waals surface area contributed by atoms with E-state index in [4.69, 9.17) is 4.74 Å². The number of ether oxygens (including phenoxy) is 1. The topological polar surface area (TPSA) is 52.9 Å². The lowest BCUT2D eigenvalue weighted by Crippen LogP contribution is -2.21. The van der Waals surface area contributed by atoms with Crippen molar-refractivity contribution in [1.29, 1.82) is 0 Å². The second-order valence-corrected chi connectivity index (χ2v) is 9.80. The standard InChI is InChI=1S/C30H33NO3/c1-20-15-17-31(19-20)16-3-4-22-5-7-24(8-6-22)30-29(23-9-11-25(32)12-10-23)21(2)27-14-13-26(33)18-28(27)34-30/h5-14,18,20,30,32-33H,3-4,15-17,19H2,1-2H3/t20-,30-/m1/s1. The van der Waals surface area contributed by atoms with Gasteiger partial charge < -0.3 is 19.8 Å². The second-order valence-electron chi connectivity index (χ2n) is 9.80. The van der Waals surface area contributed by atoms with Crippen LogP contribution in [-0.2, 0) is 6.42 Å². The first-order valence-electron chi connectivity index (χ1n) is 12.3. The van der Waals surface area contributed by atoms with E-state index in [1.165, 1.54) is 38.0 Å². The van der Waals surface area contributed by atoms with Crippen LogP contribution in [0.15, 0.2) is 66.7 Å². The van der Waals surface area contributed by atoms with E-state index in [1.54, 1.807) is 24.3 Å². The Kier molecular flexibility index (Phi) is 6.34. The van der Waals surface area contributed by atoms with Crippen LogP contribution >= 0.6 is 0 Å². The normalized spacial score (nSPS) is 20.3. The molecular formula is C30H33NO3. The molecule has 0 amide bonds. The van der Waals surface area contributed by atoms with Crippen LogP contribution < -0.4 is 4.74 Å². The summed E-state index contributed by atoms with van der Waals surface area (Å²) in [6, 6.07) is 21.3. The third kappa shape index (κ3) is 4.69. The van der Waals surface area contributed by atoms with Crippen molar-refractivity contribution in [3.05, 3.63) is 89.0 Å². The lowest BCUT2D eigenvalue weighted by molar-refractivity contribution is 0.259. The maximum absolute atomic E-state index is 10.0. The Balaban J connectivity index is 1.39. The molecule has 2 aliphatic rings. The molecule has 2 atom stereocenters. The van der Waals surface area contributed by atoms with Crippen LogP contribution in [0.2, 0.25) is 0 Å². The Morgan fingerprint density at radius 1 is 0.941 bits per heavy atom. The van der Waals surface area contributed by atoms with Crippen molar-refractivity contribution in [2.24, 2.45) is 5.92 Å². The minimum absolute atomic E-state index is 0.195. The molecule has 3 aromatic carbocycles. The highest BCUT2D eigenvalue weighted by atomic mass is 16.5. The van der Waals surface area contributed by atoms with Gasteiger partial charge in [-0.15, -0.1) is 0 Å². The Bertz CT molecular complexity index is 1180. The summed E-state index contributed by atoms with van der Waals surface area (Å²) in [5.74, 6) is 1.96. The first-order chi connectivity index (χ1) is 16.5. The summed E-state index contributed by atoms with van der Waals surface area (Å²) in [6.45, 7) is 8.09. The van der Waals surface area contributed by atoms with E-state index in [9.17, 15) is 10.2 Å². The molecule has 5 rings (SSSR count). The SMILES string of the molecule is CC1=C(c2ccc(O)cc2)[C@@H](c2ccc(CCCN3CC[C@@H](C)C3)cc2)Oc2cc(O)ccc21. The van der Waals surface area contributed by atoms with Crippen LogP contribution in [0.1, 0.15) is 55.0 Å². The Morgan fingerprint density at radius 2 is 1.68 bits per heavy atom. The number of allylic oxidation sites excluding steroid dienone is 1. The number of benzene rings is 3. The summed E-state index contributed by atoms with van der Waals surface area (Å²) in [5.41, 5.74) is 6.60. The molecule has 0 spiro atoms. The van der Waals surface area contributed by atoms with Crippen molar-refractivity contribution in [2.45, 2.75) is 39.2 Å². The van der Waals surface area contributed by atoms with Crippen molar-refractivity contribution < 1.29 is 14.9 Å². The average molecular weight is 456 g/mol. The molecule has 1 fully saturated rings. The summed E-state index contributed by atoms with van der Waals surface area (Å²) < 4.78 is 6.48. The fourth-order valence-corrected chi connectivity index (χ4v) is 5.28. The Morgan fingerprint density at radius 3 is 2.38 bits per heavy atom. The predicted molar refractivity (Wildman–Crippen MR) is 137 cm³/mol. The Labute approximate surface area is 202 Å². The number of aryl methyl sites for hydroxylation is 1. The number of phenols is 2. The molecule has 4 heteroatoms. The number of aromatic hydroxyl groups is 2. The molecule has 0 saturated carbocycles. The molecule has 2 N–H and O–H groups in total. The van der Waals surface area contributed by atoms with E-state index < -0.39 is 0 Å². The number of fused-ring (bicyclic) bond motifs is 1. The van der Waals surface area contributed by atoms with Gasteiger partial charge in [0.1, 0.15) is 23.4 Å². The quantitative estimate of drug-likeness (QED) is 0.449. The van der Waals surface area contributed by atoms with Crippen LogP contribution in [-0.4, -0.2) is 34.7 Å². The third-order valence-corrected chi connectivity index (χ3v) is 7.19. The maximum atomic E-state index is 10.0. The number of rotatable bonds is 6. The van der Waals surface area contributed by atoms with Crippen molar-refractivity contribution >= 4 is 11.1 Å². The lowest BCUT2D eigenvalue weighted by atomic mass is 9.86. The summed E-state index contributed by atoms with van der Waals surface area (Å²) >= 11 is 0. The highest BCUT2D eigenvalue weighted by Gasteiger charge is 2.29. The van der Waals surface area contributed by atoms with Gasteiger partial charge in [-0.05, 0) is 91.7 Å². The van der Waals surface area contributed by atoms with Crippen LogP contribution in [0.25, 0.3) is 11.1 Å². The van der Waals surface area contributed by atoms with Crippen molar-refractivity contribution in [1.82, 2.24) is 4.90 Å². The fraction of sp³-hybridized carbons (Fsp3) is 0.333. The van der Waals surface area contributed by atoms with Crippen LogP contribution in [0, 0.1) is 5.92 Å². The van der Waals surface area contributed by atoms with Crippen LogP contribution in [0.3, 0.4) is 0 Å². The number of likely N-dealkylation sites (tertiary alicyclic amines) is 1. The van der Waals surface area contributed by atoms with E-state index in [1.807, 2.05) is 18.2 Å². The van der Waals surface area contributed by atoms with Gasteiger partial charge in [0, 0.05) is 23.7 Å². The number of hydrogen-bond acceptors (Lipinski definition) is 4. The fourth-order valence-electron chi connectivity index (χ4n) is 5.28. The van der Waals surface area contributed by atoms with Crippen LogP contribution in [0.5, 0.6) is 17.2 Å². The van der Waals surface area contributed by atoms with Gasteiger partial charge in [0.2, 0.25) is 0 Å². The monoisotopic (exact) mass is 455 g/mol. The van der Waals surface area contributed by atoms with E-state index in [-0.39, 0.29) is 17.6 Å². The molecular weight excluding hydrogens is 422 g/mol. The predicted octanol–water partition coefficient (Wildman–Crippen LogP) is 6.44. The molecule has 2 heterocycles. The van der Waals surface area contributed by atoms with Crippen LogP contribution in [0.4, 0.5) is 0 Å². The Hall–Kier alpha value is -3.24. The smallest absolute Gasteiger partial charge is 0.150 e. The minimum atomic E-state index is -0.293. The van der Waals surface area contributed by atoms with Gasteiger partial charge in [-0.2, -0.15) is 0 Å². The largest absolute Gasteiger partial charge is 0.508 e. The van der Waals surface area contributed by atoms with Crippen molar-refractivity contribution in [3.63, 3.8) is 0 Å². The summed E-state index contributed by atoms with van der Waals surface area (Å²) in [5, 5.41) is 19.8. The maximum Gasteiger partial charge on any atom is 0.150 e. The molecule has 0 bridgehead atoms. The zero-order valence-electron chi connectivity index (χ0n) is 20.0. The summed E-state index contributed by atoms with van der Waals surface area (Å²) in [7, 11) is 0. The number of hydrogen-bond donors (Lipinski definition) is 2. The summed E-state index contributed by atoms with van der Waals surface area (Å²) in [4.78, 5) is 2.58. The molecule has 2 aliphatic heterocycles. The van der Waals surface area contributed by atoms with E-state index in [0.29, 0.717) is 5.75 Å². The molecule has 0 aromatic heterocycles. The van der Waals surface area contributed by atoms with Crippen molar-refractivity contribution in [2.75, 3.05) is 19.6 Å². The molecule has 3 aromatic rings. The van der Waals surface area contributed by atoms with Crippen molar-refractivity contribution in [3.8, 4) is 17.2 Å². The highest BCUT2D eigenvalue weighted by Crippen LogP contribution is 2.47. The van der Waals surface area contributed by atoms with Gasteiger partial charge in [0.15, 0.2) is 0 Å². The molecule has 0 radical (unpaired) electrons. The van der Waals surface area contributed by atoms with E-state index >= 15 is 0 Å². The molecule has 0 aliphatic carbocycles. The van der Waals surface area contributed by atoms with Gasteiger partial charge in [-0.3, -0.25) is 0 Å².